The van der Waals surface area contributed by atoms with Crippen molar-refractivity contribution >= 4 is 23.5 Å². The number of carbonyl (C=O) groups excluding carboxylic acids is 2. The van der Waals surface area contributed by atoms with Gasteiger partial charge in [0.1, 0.15) is 5.69 Å². The Kier molecular flexibility index (Phi) is 9.14. The number of aromatic nitrogens is 1. The normalized spacial score (nSPS) is 10.7. The summed E-state index contributed by atoms with van der Waals surface area (Å²) in [5.41, 5.74) is 13.5. The van der Waals surface area contributed by atoms with Crippen molar-refractivity contribution in [1.29, 1.82) is 0 Å². The summed E-state index contributed by atoms with van der Waals surface area (Å²) in [5.74, 6) is -3.63. The van der Waals surface area contributed by atoms with E-state index in [0.717, 1.165) is 11.1 Å². The molecule has 0 aliphatic carbocycles. The number of primary amides is 1. The average molecular weight is 456 g/mol. The van der Waals surface area contributed by atoms with Crippen LogP contribution >= 0.6 is 0 Å². The number of alkyl halides is 3. The van der Waals surface area contributed by atoms with Crippen molar-refractivity contribution in [1.82, 2.24) is 4.98 Å². The SMILES string of the molecule is CC(=O)N(Cc1ccc(CN)cc1)c1c(CC(N)=O)cc(C)[nH]c1=O.O=C(O)C(F)(F)F. The number of nitrogens with one attached hydrogen (secondary N) is 1. The molecule has 0 bridgehead atoms. The molecule has 0 unspecified atom stereocenters. The quantitative estimate of drug-likeness (QED) is 0.513. The molecule has 0 aliphatic heterocycles. The molecule has 0 aliphatic rings. The Labute approximate surface area is 180 Å². The summed E-state index contributed by atoms with van der Waals surface area (Å²) in [6, 6.07) is 9.12. The molecule has 2 aromatic rings. The van der Waals surface area contributed by atoms with E-state index >= 15 is 0 Å². The van der Waals surface area contributed by atoms with Crippen molar-refractivity contribution in [2.75, 3.05) is 4.90 Å². The van der Waals surface area contributed by atoms with Crippen LogP contribution in [0, 0.1) is 6.92 Å². The second-order valence-corrected chi connectivity index (χ2v) is 6.73. The molecule has 0 atom stereocenters. The number of halogens is 3. The largest absolute Gasteiger partial charge is 0.490 e. The van der Waals surface area contributed by atoms with Crippen LogP contribution in [-0.4, -0.2) is 34.1 Å². The van der Waals surface area contributed by atoms with Crippen LogP contribution in [-0.2, 0) is 33.9 Å². The molecule has 2 rings (SSSR count). The molecule has 1 aromatic carbocycles. The van der Waals surface area contributed by atoms with Crippen LogP contribution in [0.2, 0.25) is 0 Å². The minimum absolute atomic E-state index is 0.115. The topological polar surface area (TPSA) is 160 Å². The zero-order valence-corrected chi connectivity index (χ0v) is 17.3. The third-order valence-corrected chi connectivity index (χ3v) is 4.08. The van der Waals surface area contributed by atoms with E-state index < -0.39 is 23.6 Å². The minimum atomic E-state index is -5.08. The van der Waals surface area contributed by atoms with E-state index in [9.17, 15) is 27.6 Å². The van der Waals surface area contributed by atoms with Crippen molar-refractivity contribution in [3.05, 3.63) is 63.1 Å². The number of H-pyrrole nitrogens is 1. The van der Waals surface area contributed by atoms with Gasteiger partial charge in [-0.1, -0.05) is 24.3 Å². The summed E-state index contributed by atoms with van der Waals surface area (Å²) in [5, 5.41) is 7.12. The van der Waals surface area contributed by atoms with Gasteiger partial charge in [-0.05, 0) is 29.7 Å². The van der Waals surface area contributed by atoms with Gasteiger partial charge in [0, 0.05) is 19.2 Å². The second-order valence-electron chi connectivity index (χ2n) is 6.73. The van der Waals surface area contributed by atoms with Gasteiger partial charge < -0.3 is 26.5 Å². The first-order valence-electron chi connectivity index (χ1n) is 9.13. The van der Waals surface area contributed by atoms with Gasteiger partial charge in [-0.15, -0.1) is 0 Å². The highest BCUT2D eigenvalue weighted by Crippen LogP contribution is 2.20. The number of nitrogens with zero attached hydrogens (tertiary/aromatic N) is 1. The number of nitrogens with two attached hydrogens (primary N) is 2. The Morgan fingerprint density at radius 3 is 2.03 bits per heavy atom. The Morgan fingerprint density at radius 1 is 1.12 bits per heavy atom. The number of rotatable bonds is 6. The van der Waals surface area contributed by atoms with Crippen LogP contribution in [0.4, 0.5) is 18.9 Å². The minimum Gasteiger partial charge on any atom is -0.475 e. The zero-order valence-electron chi connectivity index (χ0n) is 17.3. The summed E-state index contributed by atoms with van der Waals surface area (Å²) in [7, 11) is 0. The van der Waals surface area contributed by atoms with Crippen LogP contribution in [0.25, 0.3) is 0 Å². The highest BCUT2D eigenvalue weighted by Gasteiger charge is 2.38. The summed E-state index contributed by atoms with van der Waals surface area (Å²) in [6.07, 6.45) is -5.20. The van der Waals surface area contributed by atoms with E-state index in [-0.39, 0.29) is 24.6 Å². The van der Waals surface area contributed by atoms with Crippen molar-refractivity contribution in [3.63, 3.8) is 0 Å². The van der Waals surface area contributed by atoms with Gasteiger partial charge in [0.15, 0.2) is 0 Å². The van der Waals surface area contributed by atoms with Gasteiger partial charge in [-0.3, -0.25) is 14.4 Å². The van der Waals surface area contributed by atoms with Crippen LogP contribution in [0.5, 0.6) is 0 Å². The number of hydrogen-bond acceptors (Lipinski definition) is 5. The molecule has 12 heteroatoms. The fraction of sp³-hybridized carbons (Fsp3) is 0.300. The number of aliphatic carboxylic acids is 1. The number of amides is 2. The van der Waals surface area contributed by atoms with Crippen molar-refractivity contribution in [2.24, 2.45) is 11.5 Å². The van der Waals surface area contributed by atoms with Crippen LogP contribution in [0.1, 0.15) is 29.3 Å². The molecule has 174 valence electrons. The number of benzene rings is 1. The summed E-state index contributed by atoms with van der Waals surface area (Å²) in [4.78, 5) is 48.9. The van der Waals surface area contributed by atoms with Gasteiger partial charge in [-0.2, -0.15) is 13.2 Å². The Hall–Kier alpha value is -3.67. The molecule has 0 fully saturated rings. The number of aryl methyl sites for hydroxylation is 1. The highest BCUT2D eigenvalue weighted by atomic mass is 19.4. The number of hydrogen-bond donors (Lipinski definition) is 4. The van der Waals surface area contributed by atoms with Crippen molar-refractivity contribution in [3.8, 4) is 0 Å². The third kappa shape index (κ3) is 7.87. The van der Waals surface area contributed by atoms with E-state index in [1.807, 2.05) is 24.3 Å². The van der Waals surface area contributed by atoms with Gasteiger partial charge in [0.25, 0.3) is 5.56 Å². The molecule has 1 heterocycles. The van der Waals surface area contributed by atoms with E-state index in [1.165, 1.54) is 11.8 Å². The molecular weight excluding hydrogens is 433 g/mol. The lowest BCUT2D eigenvalue weighted by atomic mass is 10.1. The van der Waals surface area contributed by atoms with E-state index in [4.69, 9.17) is 21.4 Å². The smallest absolute Gasteiger partial charge is 0.475 e. The number of carboxylic acids is 1. The van der Waals surface area contributed by atoms with E-state index in [2.05, 4.69) is 4.98 Å². The summed E-state index contributed by atoms with van der Waals surface area (Å²) in [6.45, 7) is 3.72. The summed E-state index contributed by atoms with van der Waals surface area (Å²) < 4.78 is 31.7. The first-order chi connectivity index (χ1) is 14.8. The van der Waals surface area contributed by atoms with Crippen molar-refractivity contribution < 1.29 is 32.7 Å². The summed E-state index contributed by atoms with van der Waals surface area (Å²) >= 11 is 0. The molecule has 32 heavy (non-hydrogen) atoms. The molecule has 9 nitrogen and oxygen atoms in total. The molecule has 0 saturated carbocycles. The zero-order chi connectivity index (χ0) is 24.6. The van der Waals surface area contributed by atoms with E-state index in [1.54, 1.807) is 13.0 Å². The number of pyridine rings is 1. The number of carboxylic acid groups (broad SMARTS) is 1. The lowest BCUT2D eigenvalue weighted by Gasteiger charge is -2.23. The van der Waals surface area contributed by atoms with Crippen molar-refractivity contribution in [2.45, 2.75) is 39.5 Å². The monoisotopic (exact) mass is 456 g/mol. The average Bonchev–Trinajstić information content (AvgIpc) is 2.66. The van der Waals surface area contributed by atoms with Gasteiger partial charge in [0.2, 0.25) is 11.8 Å². The molecule has 0 saturated heterocycles. The molecule has 6 N–H and O–H groups in total. The van der Waals surface area contributed by atoms with Crippen LogP contribution in [0.15, 0.2) is 35.1 Å². The fourth-order valence-electron chi connectivity index (χ4n) is 2.68. The Morgan fingerprint density at radius 2 is 1.62 bits per heavy atom. The van der Waals surface area contributed by atoms with E-state index in [0.29, 0.717) is 17.8 Å². The first-order valence-corrected chi connectivity index (χ1v) is 9.13. The molecule has 1 aromatic heterocycles. The fourth-order valence-corrected chi connectivity index (χ4v) is 2.68. The lowest BCUT2D eigenvalue weighted by molar-refractivity contribution is -0.192. The lowest BCUT2D eigenvalue weighted by Crippen LogP contribution is -2.35. The maximum absolute atomic E-state index is 12.5. The van der Waals surface area contributed by atoms with Crippen LogP contribution in [0.3, 0.4) is 0 Å². The van der Waals surface area contributed by atoms with Gasteiger partial charge >= 0.3 is 12.1 Å². The maximum atomic E-state index is 12.5. The number of anilines is 1. The third-order valence-electron chi connectivity index (χ3n) is 4.08. The second kappa shape index (κ2) is 11.1. The number of carbonyl (C=O) groups is 3. The Bertz CT molecular complexity index is 1030. The standard InChI is InChI=1S/C18H22N4O3.C2HF3O2/c1-11-7-15(8-16(20)24)17(18(25)21-11)22(12(2)23)10-14-5-3-13(9-19)4-6-14;3-2(4,5)1(6)7/h3-7H,8-10,19H2,1-2H3,(H2,20,24)(H,21,25);(H,6,7). The molecular formula is C20H23F3N4O5. The molecule has 2 amide bonds. The van der Waals surface area contributed by atoms with Crippen LogP contribution < -0.4 is 21.9 Å². The van der Waals surface area contributed by atoms with Gasteiger partial charge in [-0.25, -0.2) is 4.79 Å². The maximum Gasteiger partial charge on any atom is 0.490 e. The highest BCUT2D eigenvalue weighted by molar-refractivity contribution is 5.93. The predicted octanol–water partition coefficient (Wildman–Crippen LogP) is 1.36. The number of aromatic amines is 1. The Balaban J connectivity index is 0.000000633. The molecule has 0 radical (unpaired) electrons. The predicted molar refractivity (Wildman–Crippen MR) is 110 cm³/mol. The molecule has 0 spiro atoms. The van der Waals surface area contributed by atoms with Gasteiger partial charge in [0.05, 0.1) is 13.0 Å². The first kappa shape index (κ1) is 26.4.